The first kappa shape index (κ1) is 18.2. The van der Waals surface area contributed by atoms with E-state index < -0.39 is 10.0 Å². The molecule has 0 radical (unpaired) electrons. The second-order valence-electron chi connectivity index (χ2n) is 6.11. The van der Waals surface area contributed by atoms with Crippen molar-refractivity contribution in [2.24, 2.45) is 0 Å². The van der Waals surface area contributed by atoms with Gasteiger partial charge in [0.2, 0.25) is 15.8 Å². The number of halogens is 1. The summed E-state index contributed by atoms with van der Waals surface area (Å²) in [7, 11) is -3.50. The van der Waals surface area contributed by atoms with Gasteiger partial charge in [-0.3, -0.25) is 0 Å². The lowest BCUT2D eigenvalue weighted by Gasteiger charge is -2.31. The molecule has 1 aliphatic rings. The minimum atomic E-state index is -3.50. The molecule has 0 amide bonds. The molecular weight excluding hydrogens is 364 g/mol. The molecule has 0 atom stereocenters. The first-order valence-electron chi connectivity index (χ1n) is 8.35. The molecule has 1 fully saturated rings. The number of tetrazole rings is 1. The first-order chi connectivity index (χ1) is 12.0. The molecule has 0 aliphatic carbocycles. The Labute approximate surface area is 152 Å². The lowest BCUT2D eigenvalue weighted by atomic mass is 10.3. The van der Waals surface area contributed by atoms with Gasteiger partial charge in [-0.15, -0.1) is 5.10 Å². The standard InChI is InChI=1S/C15H21ClN6O2S/c1-2-6-22-15(17-18-19-22)12-20-7-9-21(10-8-20)25(23,24)14-5-3-4-13(16)11-14/h3-5,11H,2,6-10,12H2,1H3/p+1. The van der Waals surface area contributed by atoms with Gasteiger partial charge < -0.3 is 4.90 Å². The van der Waals surface area contributed by atoms with Gasteiger partial charge in [0.25, 0.3) is 0 Å². The van der Waals surface area contributed by atoms with Crippen LogP contribution in [0.15, 0.2) is 29.2 Å². The van der Waals surface area contributed by atoms with Crippen LogP contribution in [0, 0.1) is 0 Å². The van der Waals surface area contributed by atoms with Crippen molar-refractivity contribution in [3.05, 3.63) is 35.1 Å². The molecule has 2 heterocycles. The summed E-state index contributed by atoms with van der Waals surface area (Å²) in [5.41, 5.74) is 0. The average Bonchev–Trinajstić information content (AvgIpc) is 3.03. The fourth-order valence-electron chi connectivity index (χ4n) is 2.96. The van der Waals surface area contributed by atoms with Crippen molar-refractivity contribution in [2.75, 3.05) is 26.2 Å². The van der Waals surface area contributed by atoms with Crippen LogP contribution in [-0.4, -0.2) is 59.1 Å². The molecule has 1 aromatic heterocycles. The van der Waals surface area contributed by atoms with E-state index in [4.69, 9.17) is 11.6 Å². The predicted molar refractivity (Wildman–Crippen MR) is 92.7 cm³/mol. The Balaban J connectivity index is 1.62. The summed E-state index contributed by atoms with van der Waals surface area (Å²) < 4.78 is 28.8. The summed E-state index contributed by atoms with van der Waals surface area (Å²) in [5, 5.41) is 12.2. The quantitative estimate of drug-likeness (QED) is 0.746. The second kappa shape index (κ2) is 7.77. The van der Waals surface area contributed by atoms with Crippen LogP contribution in [0.1, 0.15) is 19.2 Å². The van der Waals surface area contributed by atoms with Gasteiger partial charge in [0.05, 0.1) is 31.1 Å². The number of hydrogen-bond acceptors (Lipinski definition) is 5. The minimum Gasteiger partial charge on any atom is -0.326 e. The maximum atomic E-state index is 12.7. The van der Waals surface area contributed by atoms with Crippen molar-refractivity contribution in [1.82, 2.24) is 24.5 Å². The summed E-state index contributed by atoms with van der Waals surface area (Å²) in [4.78, 5) is 1.53. The molecule has 10 heteroatoms. The van der Waals surface area contributed by atoms with Gasteiger partial charge in [0.1, 0.15) is 6.54 Å². The molecule has 0 spiro atoms. The lowest BCUT2D eigenvalue weighted by Crippen LogP contribution is -3.13. The number of benzene rings is 1. The lowest BCUT2D eigenvalue weighted by molar-refractivity contribution is -0.918. The van der Waals surface area contributed by atoms with Crippen LogP contribution < -0.4 is 4.90 Å². The molecule has 2 aromatic rings. The Bertz CT molecular complexity index is 817. The first-order valence-corrected chi connectivity index (χ1v) is 10.2. The summed E-state index contributed by atoms with van der Waals surface area (Å²) in [6.45, 7) is 5.97. The highest BCUT2D eigenvalue weighted by Gasteiger charge is 2.31. The fourth-order valence-corrected chi connectivity index (χ4v) is 4.70. The Morgan fingerprint density at radius 1 is 1.28 bits per heavy atom. The monoisotopic (exact) mass is 385 g/mol. The van der Waals surface area contributed by atoms with Crippen LogP contribution in [-0.2, 0) is 23.1 Å². The van der Waals surface area contributed by atoms with Crippen molar-refractivity contribution in [3.8, 4) is 0 Å². The smallest absolute Gasteiger partial charge is 0.243 e. The van der Waals surface area contributed by atoms with Crippen molar-refractivity contribution in [3.63, 3.8) is 0 Å². The van der Waals surface area contributed by atoms with E-state index in [1.54, 1.807) is 18.2 Å². The normalized spacial score (nSPS) is 17.0. The van der Waals surface area contributed by atoms with E-state index in [1.807, 2.05) is 4.68 Å². The average molecular weight is 386 g/mol. The van der Waals surface area contributed by atoms with Crippen LogP contribution in [0.2, 0.25) is 5.02 Å². The molecule has 1 N–H and O–H groups in total. The third-order valence-electron chi connectivity index (χ3n) is 4.31. The molecule has 0 saturated carbocycles. The van der Waals surface area contributed by atoms with Crippen molar-refractivity contribution in [2.45, 2.75) is 31.3 Å². The van der Waals surface area contributed by atoms with Crippen molar-refractivity contribution >= 4 is 21.6 Å². The van der Waals surface area contributed by atoms with Crippen molar-refractivity contribution < 1.29 is 13.3 Å². The van der Waals surface area contributed by atoms with E-state index in [1.165, 1.54) is 15.3 Å². The van der Waals surface area contributed by atoms with E-state index in [0.717, 1.165) is 31.9 Å². The zero-order valence-corrected chi connectivity index (χ0v) is 15.7. The molecule has 25 heavy (non-hydrogen) atoms. The second-order valence-corrected chi connectivity index (χ2v) is 8.48. The maximum absolute atomic E-state index is 12.7. The zero-order chi connectivity index (χ0) is 17.9. The van der Waals surface area contributed by atoms with Crippen LogP contribution in [0.4, 0.5) is 0 Å². The number of rotatable bonds is 6. The van der Waals surface area contributed by atoms with Crippen LogP contribution in [0.5, 0.6) is 0 Å². The molecule has 1 saturated heterocycles. The molecule has 1 aromatic carbocycles. The van der Waals surface area contributed by atoms with E-state index in [-0.39, 0.29) is 4.90 Å². The highest BCUT2D eigenvalue weighted by Crippen LogP contribution is 2.19. The topological polar surface area (TPSA) is 85.4 Å². The van der Waals surface area contributed by atoms with E-state index >= 15 is 0 Å². The highest BCUT2D eigenvalue weighted by molar-refractivity contribution is 7.89. The summed E-state index contributed by atoms with van der Waals surface area (Å²) in [6, 6.07) is 6.40. The maximum Gasteiger partial charge on any atom is 0.243 e. The zero-order valence-electron chi connectivity index (χ0n) is 14.1. The van der Waals surface area contributed by atoms with Gasteiger partial charge in [0.15, 0.2) is 0 Å². The molecule has 136 valence electrons. The van der Waals surface area contributed by atoms with E-state index in [9.17, 15) is 8.42 Å². The van der Waals surface area contributed by atoms with Gasteiger partial charge in [-0.2, -0.15) is 4.31 Å². The molecule has 0 unspecified atom stereocenters. The highest BCUT2D eigenvalue weighted by atomic mass is 35.5. The number of aryl methyl sites for hydroxylation is 1. The van der Waals surface area contributed by atoms with Crippen LogP contribution in [0.25, 0.3) is 0 Å². The summed E-state index contributed by atoms with van der Waals surface area (Å²) in [6.07, 6.45) is 0.971. The molecular formula is C15H22ClN6O2S+. The largest absolute Gasteiger partial charge is 0.326 e. The number of nitrogens with one attached hydrogen (secondary N) is 1. The van der Waals surface area contributed by atoms with Crippen LogP contribution in [0.3, 0.4) is 0 Å². The number of piperazine rings is 1. The molecule has 8 nitrogen and oxygen atoms in total. The van der Waals surface area contributed by atoms with Gasteiger partial charge in [-0.1, -0.05) is 24.6 Å². The van der Waals surface area contributed by atoms with E-state index in [2.05, 4.69) is 22.4 Å². The number of quaternary nitrogens is 1. The third-order valence-corrected chi connectivity index (χ3v) is 6.44. The van der Waals surface area contributed by atoms with E-state index in [0.29, 0.717) is 24.7 Å². The number of aromatic nitrogens is 4. The number of hydrogen-bond donors (Lipinski definition) is 1. The minimum absolute atomic E-state index is 0.246. The Morgan fingerprint density at radius 2 is 2.04 bits per heavy atom. The van der Waals surface area contributed by atoms with Gasteiger partial charge in [-0.25, -0.2) is 13.1 Å². The molecule has 1 aliphatic heterocycles. The van der Waals surface area contributed by atoms with Gasteiger partial charge in [0, 0.05) is 11.6 Å². The van der Waals surface area contributed by atoms with Crippen LogP contribution >= 0.6 is 11.6 Å². The van der Waals surface area contributed by atoms with Gasteiger partial charge >= 0.3 is 0 Å². The van der Waals surface area contributed by atoms with Crippen molar-refractivity contribution in [1.29, 1.82) is 0 Å². The summed E-state index contributed by atoms with van der Waals surface area (Å²) >= 11 is 5.92. The Morgan fingerprint density at radius 3 is 2.72 bits per heavy atom. The fraction of sp³-hybridized carbons (Fsp3) is 0.533. The SMILES string of the molecule is CCCn1nnnc1C[NH+]1CCN(S(=O)(=O)c2cccc(Cl)c2)CC1. The van der Waals surface area contributed by atoms with Gasteiger partial charge in [-0.05, 0) is 35.0 Å². The molecule has 0 bridgehead atoms. The number of sulfonamides is 1. The predicted octanol–water partition coefficient (Wildman–Crippen LogP) is -0.174. The summed E-state index contributed by atoms with van der Waals surface area (Å²) in [5.74, 6) is 0.850. The molecule has 3 rings (SSSR count). The Hall–Kier alpha value is -1.55. The third kappa shape index (κ3) is 4.17. The number of nitrogens with zero attached hydrogens (tertiary/aromatic N) is 5. The Kier molecular flexibility index (Phi) is 5.67.